The fourth-order valence-electron chi connectivity index (χ4n) is 4.49. The standard InChI is InChI=1S/C23H33FN4O/c24-20-4-3-5-22(18-20)28-16-14-27(15-17-28)13-11-19-7-9-21(10-8-19)26-23(29)6-1-2-12-25/h3-5,18-19,21H,1-2,6-11,13-17H2,(H,26,29). The average Bonchev–Trinajstić information content (AvgIpc) is 2.74. The fourth-order valence-corrected chi connectivity index (χ4v) is 4.49. The molecular formula is C23H33FN4O. The summed E-state index contributed by atoms with van der Waals surface area (Å²) in [7, 11) is 0. The first-order valence-electron chi connectivity index (χ1n) is 11.0. The number of amides is 1. The van der Waals surface area contributed by atoms with Gasteiger partial charge in [0, 0.05) is 50.7 Å². The van der Waals surface area contributed by atoms with Gasteiger partial charge in [-0.2, -0.15) is 5.26 Å². The molecule has 0 unspecified atom stereocenters. The quantitative estimate of drug-likeness (QED) is 0.676. The molecule has 6 heteroatoms. The van der Waals surface area contributed by atoms with Gasteiger partial charge in [0.05, 0.1) is 6.07 Å². The van der Waals surface area contributed by atoms with Crippen LogP contribution in [0.4, 0.5) is 10.1 Å². The maximum absolute atomic E-state index is 13.4. The highest BCUT2D eigenvalue weighted by atomic mass is 19.1. The van der Waals surface area contributed by atoms with Gasteiger partial charge in [-0.15, -0.1) is 0 Å². The Kier molecular flexibility index (Phi) is 8.30. The lowest BCUT2D eigenvalue weighted by Gasteiger charge is -2.37. The van der Waals surface area contributed by atoms with Gasteiger partial charge in [0.1, 0.15) is 5.82 Å². The zero-order valence-electron chi connectivity index (χ0n) is 17.3. The van der Waals surface area contributed by atoms with Crippen LogP contribution in [0.5, 0.6) is 0 Å². The van der Waals surface area contributed by atoms with Gasteiger partial charge < -0.3 is 10.2 Å². The average molecular weight is 401 g/mol. The molecule has 0 bridgehead atoms. The van der Waals surface area contributed by atoms with E-state index in [1.54, 1.807) is 12.1 Å². The Morgan fingerprint density at radius 2 is 1.93 bits per heavy atom. The van der Waals surface area contributed by atoms with Crippen molar-refractivity contribution in [2.24, 2.45) is 5.92 Å². The predicted molar refractivity (Wildman–Crippen MR) is 113 cm³/mol. The van der Waals surface area contributed by atoms with Crippen molar-refractivity contribution in [2.75, 3.05) is 37.6 Å². The van der Waals surface area contributed by atoms with Gasteiger partial charge in [-0.25, -0.2) is 4.39 Å². The summed E-state index contributed by atoms with van der Waals surface area (Å²) in [5.41, 5.74) is 0.984. The smallest absolute Gasteiger partial charge is 0.220 e. The Morgan fingerprint density at radius 1 is 1.17 bits per heavy atom. The van der Waals surface area contributed by atoms with Crippen LogP contribution in [-0.4, -0.2) is 49.6 Å². The maximum Gasteiger partial charge on any atom is 0.220 e. The summed E-state index contributed by atoms with van der Waals surface area (Å²) in [5.74, 6) is 0.682. The number of unbranched alkanes of at least 4 members (excludes halogenated alkanes) is 1. The molecule has 1 aromatic rings. The number of hydrogen-bond donors (Lipinski definition) is 1. The van der Waals surface area contributed by atoms with Crippen molar-refractivity contribution in [3.8, 4) is 6.07 Å². The zero-order chi connectivity index (χ0) is 20.5. The molecule has 3 rings (SSSR count). The predicted octanol–water partition coefficient (Wildman–Crippen LogP) is 3.71. The van der Waals surface area contributed by atoms with Crippen LogP contribution in [0.2, 0.25) is 0 Å². The van der Waals surface area contributed by atoms with Crippen LogP contribution in [0.15, 0.2) is 24.3 Å². The Balaban J connectivity index is 1.29. The van der Waals surface area contributed by atoms with E-state index in [1.807, 2.05) is 6.07 Å². The van der Waals surface area contributed by atoms with Crippen LogP contribution in [0.1, 0.15) is 51.4 Å². The normalized spacial score (nSPS) is 22.8. The first kappa shape index (κ1) is 21.6. The Bertz CT molecular complexity index is 688. The molecule has 29 heavy (non-hydrogen) atoms. The third-order valence-corrected chi connectivity index (χ3v) is 6.30. The Morgan fingerprint density at radius 3 is 2.62 bits per heavy atom. The minimum atomic E-state index is -0.168. The van der Waals surface area contributed by atoms with Crippen molar-refractivity contribution in [1.29, 1.82) is 5.26 Å². The van der Waals surface area contributed by atoms with Crippen molar-refractivity contribution in [3.63, 3.8) is 0 Å². The molecule has 5 nitrogen and oxygen atoms in total. The summed E-state index contributed by atoms with van der Waals surface area (Å²) in [6.45, 7) is 5.10. The number of nitrogens with zero attached hydrogens (tertiary/aromatic N) is 3. The minimum absolute atomic E-state index is 0.0971. The van der Waals surface area contributed by atoms with E-state index in [0.29, 0.717) is 25.3 Å². The van der Waals surface area contributed by atoms with Crippen LogP contribution in [0, 0.1) is 23.1 Å². The molecule has 0 aromatic heterocycles. The molecule has 1 aliphatic heterocycles. The minimum Gasteiger partial charge on any atom is -0.369 e. The number of piperazine rings is 1. The molecule has 0 spiro atoms. The second-order valence-electron chi connectivity index (χ2n) is 8.39. The molecule has 2 fully saturated rings. The monoisotopic (exact) mass is 400 g/mol. The van der Waals surface area contributed by atoms with Gasteiger partial charge >= 0.3 is 0 Å². The highest BCUT2D eigenvalue weighted by molar-refractivity contribution is 5.76. The number of benzene rings is 1. The summed E-state index contributed by atoms with van der Waals surface area (Å²) in [4.78, 5) is 16.7. The molecule has 2 aliphatic rings. The van der Waals surface area contributed by atoms with E-state index in [0.717, 1.165) is 57.2 Å². The van der Waals surface area contributed by atoms with E-state index in [9.17, 15) is 9.18 Å². The summed E-state index contributed by atoms with van der Waals surface area (Å²) >= 11 is 0. The molecule has 1 N–H and O–H groups in total. The lowest BCUT2D eigenvalue weighted by atomic mass is 9.84. The maximum atomic E-state index is 13.4. The van der Waals surface area contributed by atoms with Crippen LogP contribution in [0.3, 0.4) is 0 Å². The van der Waals surface area contributed by atoms with E-state index >= 15 is 0 Å². The molecule has 1 saturated carbocycles. The molecule has 1 aliphatic carbocycles. The van der Waals surface area contributed by atoms with Gasteiger partial charge in [0.2, 0.25) is 5.91 Å². The highest BCUT2D eigenvalue weighted by Crippen LogP contribution is 2.27. The Labute approximate surface area is 173 Å². The van der Waals surface area contributed by atoms with Gasteiger partial charge in [0.15, 0.2) is 0 Å². The van der Waals surface area contributed by atoms with Crippen molar-refractivity contribution in [1.82, 2.24) is 10.2 Å². The molecular weight excluding hydrogens is 367 g/mol. The summed E-state index contributed by atoms with van der Waals surface area (Å²) in [6, 6.07) is 9.28. The Hall–Kier alpha value is -2.13. The van der Waals surface area contributed by atoms with Crippen molar-refractivity contribution in [3.05, 3.63) is 30.1 Å². The topological polar surface area (TPSA) is 59.4 Å². The molecule has 1 heterocycles. The van der Waals surface area contributed by atoms with Crippen LogP contribution < -0.4 is 10.2 Å². The van der Waals surface area contributed by atoms with E-state index in [2.05, 4.69) is 21.2 Å². The molecule has 0 atom stereocenters. The molecule has 0 radical (unpaired) electrons. The van der Waals surface area contributed by atoms with Crippen molar-refractivity contribution >= 4 is 11.6 Å². The fraction of sp³-hybridized carbons (Fsp3) is 0.652. The number of nitrogens with one attached hydrogen (secondary N) is 1. The number of rotatable bonds is 8. The number of nitriles is 1. The van der Waals surface area contributed by atoms with Crippen LogP contribution >= 0.6 is 0 Å². The summed E-state index contributed by atoms with van der Waals surface area (Å²) < 4.78 is 13.4. The van der Waals surface area contributed by atoms with Crippen molar-refractivity contribution < 1.29 is 9.18 Å². The van der Waals surface area contributed by atoms with E-state index in [4.69, 9.17) is 5.26 Å². The third-order valence-electron chi connectivity index (χ3n) is 6.30. The second-order valence-corrected chi connectivity index (χ2v) is 8.39. The number of hydrogen-bond acceptors (Lipinski definition) is 4. The lowest BCUT2D eigenvalue weighted by Crippen LogP contribution is -2.47. The number of carbonyl (C=O) groups is 1. The zero-order valence-corrected chi connectivity index (χ0v) is 17.3. The van der Waals surface area contributed by atoms with E-state index < -0.39 is 0 Å². The van der Waals surface area contributed by atoms with E-state index in [-0.39, 0.29) is 11.7 Å². The number of carbonyl (C=O) groups excluding carboxylic acids is 1. The van der Waals surface area contributed by atoms with Crippen LogP contribution in [-0.2, 0) is 4.79 Å². The first-order chi connectivity index (χ1) is 14.1. The first-order valence-corrected chi connectivity index (χ1v) is 11.0. The van der Waals surface area contributed by atoms with Gasteiger partial charge in [-0.05, 0) is 69.2 Å². The van der Waals surface area contributed by atoms with Crippen molar-refractivity contribution in [2.45, 2.75) is 57.4 Å². The van der Waals surface area contributed by atoms with Gasteiger partial charge in [-0.1, -0.05) is 6.07 Å². The molecule has 1 amide bonds. The second kappa shape index (κ2) is 11.2. The molecule has 158 valence electrons. The molecule has 1 aromatic carbocycles. The summed E-state index contributed by atoms with van der Waals surface area (Å²) in [6.07, 6.45) is 7.32. The van der Waals surface area contributed by atoms with Gasteiger partial charge in [0.25, 0.3) is 0 Å². The highest BCUT2D eigenvalue weighted by Gasteiger charge is 2.24. The third kappa shape index (κ3) is 7.01. The summed E-state index contributed by atoms with van der Waals surface area (Å²) in [5, 5.41) is 11.7. The number of halogens is 1. The SMILES string of the molecule is N#CCCCC(=O)NC1CCC(CCN2CCN(c3cccc(F)c3)CC2)CC1. The van der Waals surface area contributed by atoms with Crippen LogP contribution in [0.25, 0.3) is 0 Å². The number of anilines is 1. The van der Waals surface area contributed by atoms with E-state index in [1.165, 1.54) is 25.3 Å². The largest absolute Gasteiger partial charge is 0.369 e. The molecule has 1 saturated heterocycles. The van der Waals surface area contributed by atoms with Gasteiger partial charge in [-0.3, -0.25) is 9.69 Å². The lowest BCUT2D eigenvalue weighted by molar-refractivity contribution is -0.122.